The number of nitrogens with zero attached hydrogens (tertiary/aromatic N) is 2. The predicted octanol–water partition coefficient (Wildman–Crippen LogP) is 0.173. The molecule has 0 spiro atoms. The molecule has 1 fully saturated rings. The van der Waals surface area contributed by atoms with Gasteiger partial charge >= 0.3 is 0 Å². The summed E-state index contributed by atoms with van der Waals surface area (Å²) in [6.45, 7) is 3.46. The van der Waals surface area contributed by atoms with E-state index < -0.39 is 0 Å². The molecule has 1 atom stereocenters. The van der Waals surface area contributed by atoms with Crippen molar-refractivity contribution in [2.24, 2.45) is 5.84 Å². The monoisotopic (exact) mass is 242 g/mol. The Labute approximate surface area is 104 Å². The standard InChI is InChI=1S/C12H26N4O/c1-15-8-5-6-11(10-15)16(2)9-4-3-7-12(17)14-13/h11H,3-10,13H2,1-2H3,(H,14,17). The van der Waals surface area contributed by atoms with Crippen LogP contribution in [0.1, 0.15) is 32.1 Å². The molecule has 1 aliphatic heterocycles. The minimum Gasteiger partial charge on any atom is -0.305 e. The number of piperidine rings is 1. The predicted molar refractivity (Wildman–Crippen MR) is 69.3 cm³/mol. The highest BCUT2D eigenvalue weighted by Crippen LogP contribution is 2.13. The van der Waals surface area contributed by atoms with Crippen LogP contribution in [0.5, 0.6) is 0 Å². The van der Waals surface area contributed by atoms with Gasteiger partial charge in [-0.15, -0.1) is 0 Å². The summed E-state index contributed by atoms with van der Waals surface area (Å²) in [6.07, 6.45) is 5.10. The number of unbranched alkanes of at least 4 members (excludes halogenated alkanes) is 1. The number of rotatable bonds is 6. The maximum atomic E-state index is 10.9. The highest BCUT2D eigenvalue weighted by atomic mass is 16.2. The molecule has 3 N–H and O–H groups in total. The van der Waals surface area contributed by atoms with Crippen LogP contribution < -0.4 is 11.3 Å². The third-order valence-corrected chi connectivity index (χ3v) is 3.55. The van der Waals surface area contributed by atoms with Gasteiger partial charge in [0.15, 0.2) is 0 Å². The number of carbonyl (C=O) groups excluding carboxylic acids is 1. The van der Waals surface area contributed by atoms with Crippen LogP contribution in [0, 0.1) is 0 Å². The van der Waals surface area contributed by atoms with Crippen molar-refractivity contribution in [3.05, 3.63) is 0 Å². The zero-order chi connectivity index (χ0) is 12.7. The number of amides is 1. The summed E-state index contributed by atoms with van der Waals surface area (Å²) < 4.78 is 0. The van der Waals surface area contributed by atoms with E-state index in [9.17, 15) is 4.79 Å². The molecule has 1 rings (SSSR count). The first kappa shape index (κ1) is 14.4. The molecule has 0 saturated carbocycles. The lowest BCUT2D eigenvalue weighted by molar-refractivity contribution is -0.121. The van der Waals surface area contributed by atoms with Gasteiger partial charge in [-0.05, 0) is 52.9 Å². The molecule has 17 heavy (non-hydrogen) atoms. The number of nitrogens with one attached hydrogen (secondary N) is 1. The third kappa shape index (κ3) is 5.48. The van der Waals surface area contributed by atoms with E-state index in [2.05, 4.69) is 29.3 Å². The Kier molecular flexibility index (Phi) is 6.47. The Hall–Kier alpha value is -0.650. The van der Waals surface area contributed by atoms with E-state index in [1.807, 2.05) is 0 Å². The van der Waals surface area contributed by atoms with E-state index in [0.29, 0.717) is 12.5 Å². The zero-order valence-electron chi connectivity index (χ0n) is 11.1. The molecule has 1 amide bonds. The first-order chi connectivity index (χ1) is 8.13. The van der Waals surface area contributed by atoms with Crippen LogP contribution in [-0.4, -0.2) is 55.5 Å². The van der Waals surface area contributed by atoms with Gasteiger partial charge in [-0.2, -0.15) is 0 Å². The quantitative estimate of drug-likeness (QED) is 0.302. The van der Waals surface area contributed by atoms with E-state index in [4.69, 9.17) is 5.84 Å². The van der Waals surface area contributed by atoms with Gasteiger partial charge in [0, 0.05) is 19.0 Å². The summed E-state index contributed by atoms with van der Waals surface area (Å²) in [5.74, 6) is 4.97. The van der Waals surface area contributed by atoms with E-state index in [0.717, 1.165) is 19.4 Å². The lowest BCUT2D eigenvalue weighted by atomic mass is 10.0. The molecular formula is C12H26N4O. The molecule has 0 bridgehead atoms. The maximum Gasteiger partial charge on any atom is 0.233 e. The van der Waals surface area contributed by atoms with Crippen molar-refractivity contribution < 1.29 is 4.79 Å². The summed E-state index contributed by atoms with van der Waals surface area (Å²) in [5, 5.41) is 0. The van der Waals surface area contributed by atoms with E-state index >= 15 is 0 Å². The number of hydrogen-bond acceptors (Lipinski definition) is 4. The molecule has 1 heterocycles. The molecule has 0 aromatic heterocycles. The van der Waals surface area contributed by atoms with Gasteiger partial charge < -0.3 is 9.80 Å². The fraction of sp³-hybridized carbons (Fsp3) is 0.917. The van der Waals surface area contributed by atoms with Crippen molar-refractivity contribution in [2.45, 2.75) is 38.1 Å². The summed E-state index contributed by atoms with van der Waals surface area (Å²) in [5.41, 5.74) is 2.16. The molecule has 0 radical (unpaired) electrons. The van der Waals surface area contributed by atoms with Crippen LogP contribution in [0.15, 0.2) is 0 Å². The first-order valence-corrected chi connectivity index (χ1v) is 6.51. The van der Waals surface area contributed by atoms with Crippen molar-refractivity contribution in [2.75, 3.05) is 33.7 Å². The van der Waals surface area contributed by atoms with Gasteiger partial charge in [0.05, 0.1) is 0 Å². The van der Waals surface area contributed by atoms with E-state index in [-0.39, 0.29) is 5.91 Å². The van der Waals surface area contributed by atoms with Crippen LogP contribution in [0.25, 0.3) is 0 Å². The second-order valence-electron chi connectivity index (χ2n) is 5.06. The molecule has 1 aliphatic rings. The van der Waals surface area contributed by atoms with Crippen molar-refractivity contribution in [3.8, 4) is 0 Å². The Bertz CT molecular complexity index is 235. The zero-order valence-corrected chi connectivity index (χ0v) is 11.1. The Morgan fingerprint density at radius 3 is 2.94 bits per heavy atom. The summed E-state index contributed by atoms with van der Waals surface area (Å²) in [6, 6.07) is 0.678. The number of carbonyl (C=O) groups is 1. The van der Waals surface area contributed by atoms with Crippen LogP contribution in [-0.2, 0) is 4.79 Å². The first-order valence-electron chi connectivity index (χ1n) is 6.51. The van der Waals surface area contributed by atoms with Crippen molar-refractivity contribution in [3.63, 3.8) is 0 Å². The summed E-state index contributed by atoms with van der Waals surface area (Å²) in [4.78, 5) is 15.8. The number of hydrazine groups is 1. The van der Waals surface area contributed by atoms with Gasteiger partial charge in [-0.3, -0.25) is 10.2 Å². The SMILES string of the molecule is CN1CCCC(N(C)CCCCC(=O)NN)C1. The lowest BCUT2D eigenvalue weighted by Gasteiger charge is -2.35. The highest BCUT2D eigenvalue weighted by molar-refractivity contribution is 5.75. The van der Waals surface area contributed by atoms with Gasteiger partial charge in [0.1, 0.15) is 0 Å². The molecule has 1 saturated heterocycles. The normalized spacial score (nSPS) is 21.8. The minimum absolute atomic E-state index is 0.0648. The highest BCUT2D eigenvalue weighted by Gasteiger charge is 2.20. The van der Waals surface area contributed by atoms with E-state index in [1.165, 1.54) is 25.9 Å². The molecule has 1 unspecified atom stereocenters. The van der Waals surface area contributed by atoms with Gasteiger partial charge in [-0.25, -0.2) is 5.84 Å². The summed E-state index contributed by atoms with van der Waals surface area (Å²) in [7, 11) is 4.37. The van der Waals surface area contributed by atoms with Crippen LogP contribution >= 0.6 is 0 Å². The Morgan fingerprint density at radius 2 is 2.29 bits per heavy atom. The average Bonchev–Trinajstić information content (AvgIpc) is 2.34. The molecule has 0 aliphatic carbocycles. The van der Waals surface area contributed by atoms with Crippen LogP contribution in [0.4, 0.5) is 0 Å². The summed E-state index contributed by atoms with van der Waals surface area (Å²) >= 11 is 0. The topological polar surface area (TPSA) is 61.6 Å². The van der Waals surface area contributed by atoms with Gasteiger partial charge in [-0.1, -0.05) is 0 Å². The number of likely N-dealkylation sites (N-methyl/N-ethyl adjacent to an activating group) is 2. The maximum absolute atomic E-state index is 10.9. The van der Waals surface area contributed by atoms with E-state index in [1.54, 1.807) is 0 Å². The molecular weight excluding hydrogens is 216 g/mol. The fourth-order valence-corrected chi connectivity index (χ4v) is 2.40. The molecule has 0 aromatic carbocycles. The molecule has 100 valence electrons. The van der Waals surface area contributed by atoms with Gasteiger partial charge in [0.25, 0.3) is 0 Å². The fourth-order valence-electron chi connectivity index (χ4n) is 2.40. The second-order valence-corrected chi connectivity index (χ2v) is 5.06. The Morgan fingerprint density at radius 1 is 1.53 bits per heavy atom. The van der Waals surface area contributed by atoms with Crippen LogP contribution in [0.3, 0.4) is 0 Å². The van der Waals surface area contributed by atoms with Crippen molar-refractivity contribution in [1.82, 2.24) is 15.2 Å². The molecule has 5 nitrogen and oxygen atoms in total. The molecule has 5 heteroatoms. The largest absolute Gasteiger partial charge is 0.305 e. The Balaban J connectivity index is 2.11. The second kappa shape index (κ2) is 7.63. The number of nitrogens with two attached hydrogens (primary N) is 1. The smallest absolute Gasteiger partial charge is 0.233 e. The van der Waals surface area contributed by atoms with Gasteiger partial charge in [0.2, 0.25) is 5.91 Å². The lowest BCUT2D eigenvalue weighted by Crippen LogP contribution is -2.45. The molecule has 0 aromatic rings. The van der Waals surface area contributed by atoms with Crippen LogP contribution in [0.2, 0.25) is 0 Å². The number of likely N-dealkylation sites (tertiary alicyclic amines) is 1. The van der Waals surface area contributed by atoms with Crippen molar-refractivity contribution in [1.29, 1.82) is 0 Å². The van der Waals surface area contributed by atoms with Crippen molar-refractivity contribution >= 4 is 5.91 Å². The average molecular weight is 242 g/mol. The minimum atomic E-state index is -0.0648. The third-order valence-electron chi connectivity index (χ3n) is 3.55. The number of hydrogen-bond donors (Lipinski definition) is 2.